The first-order chi connectivity index (χ1) is 17.2. The van der Waals surface area contributed by atoms with Gasteiger partial charge >= 0.3 is 12.1 Å². The summed E-state index contributed by atoms with van der Waals surface area (Å²) in [4.78, 5) is 23.8. The zero-order chi connectivity index (χ0) is 25.4. The zero-order valence-electron chi connectivity index (χ0n) is 19.8. The maximum absolute atomic E-state index is 13.4. The molecule has 1 saturated carbocycles. The summed E-state index contributed by atoms with van der Waals surface area (Å²) >= 11 is 0. The molecule has 1 amide bonds. The molecule has 0 unspecified atom stereocenters. The molecule has 9 nitrogen and oxygen atoms in total. The van der Waals surface area contributed by atoms with E-state index >= 15 is 0 Å². The normalized spacial score (nSPS) is 17.9. The summed E-state index contributed by atoms with van der Waals surface area (Å²) in [7, 11) is -2.21. The molecule has 36 heavy (non-hydrogen) atoms. The minimum atomic E-state index is -4.03. The Morgan fingerprint density at radius 2 is 1.67 bits per heavy atom. The number of carboxylic acid groups (broad SMARTS) is 1. The molecule has 10 heteroatoms. The van der Waals surface area contributed by atoms with Gasteiger partial charge in [0.1, 0.15) is 6.04 Å². The minimum absolute atomic E-state index is 0.00871. The van der Waals surface area contributed by atoms with Gasteiger partial charge in [-0.25, -0.2) is 13.2 Å². The second-order valence-electron chi connectivity index (χ2n) is 9.28. The van der Waals surface area contributed by atoms with Crippen LogP contribution in [0.25, 0.3) is 11.1 Å². The van der Waals surface area contributed by atoms with E-state index in [1.54, 1.807) is 24.3 Å². The molecule has 5 rings (SSSR count). The van der Waals surface area contributed by atoms with Crippen molar-refractivity contribution in [2.45, 2.75) is 36.7 Å². The van der Waals surface area contributed by atoms with E-state index in [0.717, 1.165) is 39.5 Å². The van der Waals surface area contributed by atoms with Gasteiger partial charge in [0.05, 0.1) is 11.5 Å². The van der Waals surface area contributed by atoms with Crippen LogP contribution in [0.1, 0.15) is 24.1 Å². The van der Waals surface area contributed by atoms with Crippen LogP contribution in [0.5, 0.6) is 0 Å². The first-order valence-electron chi connectivity index (χ1n) is 11.7. The van der Waals surface area contributed by atoms with Crippen LogP contribution in [0, 0.1) is 5.92 Å². The number of amides is 1. The van der Waals surface area contributed by atoms with Gasteiger partial charge in [0, 0.05) is 37.6 Å². The Morgan fingerprint density at radius 1 is 1.03 bits per heavy atom. The van der Waals surface area contributed by atoms with Crippen LogP contribution in [-0.4, -0.2) is 47.1 Å². The number of carbonyl (C=O) groups excluding carboxylic acids is 1. The van der Waals surface area contributed by atoms with E-state index in [9.17, 15) is 23.1 Å². The number of hydrogen-bond acceptors (Lipinski definition) is 5. The fraction of sp³-hybridized carbons (Fsp3) is 0.308. The molecule has 0 bridgehead atoms. The summed E-state index contributed by atoms with van der Waals surface area (Å²) in [5.41, 5.74) is 3.87. The highest BCUT2D eigenvalue weighted by Crippen LogP contribution is 2.31. The number of aryl methyl sites for hydroxylation is 1. The molecular weight excluding hydrogens is 482 g/mol. The van der Waals surface area contributed by atoms with Crippen molar-refractivity contribution in [2.75, 3.05) is 11.9 Å². The van der Waals surface area contributed by atoms with Gasteiger partial charge < -0.3 is 14.4 Å². The predicted octanol–water partition coefficient (Wildman–Crippen LogP) is 3.85. The summed E-state index contributed by atoms with van der Waals surface area (Å²) < 4.78 is 34.9. The fourth-order valence-corrected chi connectivity index (χ4v) is 5.95. The van der Waals surface area contributed by atoms with Crippen molar-refractivity contribution in [3.63, 3.8) is 0 Å². The number of hydrogen-bond donors (Lipinski definition) is 2. The first kappa shape index (κ1) is 24.1. The van der Waals surface area contributed by atoms with Gasteiger partial charge in [-0.1, -0.05) is 24.3 Å². The van der Waals surface area contributed by atoms with Gasteiger partial charge in [0.15, 0.2) is 0 Å². The quantitative estimate of drug-likeness (QED) is 0.500. The number of benzene rings is 2. The SMILES string of the molecule is Cn1ccc2c1C[C@H](C(=O)O)N(S(=O)(=O)c1ccc(-c3ccc(NC(=O)OCC4CC4)cc3)cc1)C2. The van der Waals surface area contributed by atoms with E-state index in [1.165, 1.54) is 12.1 Å². The summed E-state index contributed by atoms with van der Waals surface area (Å²) in [6.07, 6.45) is 3.65. The Morgan fingerprint density at radius 3 is 2.28 bits per heavy atom. The number of aromatic nitrogens is 1. The highest BCUT2D eigenvalue weighted by atomic mass is 32.2. The van der Waals surface area contributed by atoms with E-state index in [-0.39, 0.29) is 17.9 Å². The van der Waals surface area contributed by atoms with Crippen molar-refractivity contribution in [1.82, 2.24) is 8.87 Å². The van der Waals surface area contributed by atoms with E-state index in [1.807, 2.05) is 36.0 Å². The Balaban J connectivity index is 1.30. The van der Waals surface area contributed by atoms with Crippen molar-refractivity contribution >= 4 is 27.8 Å². The summed E-state index contributed by atoms with van der Waals surface area (Å²) in [6, 6.07) is 14.2. The maximum atomic E-state index is 13.4. The van der Waals surface area contributed by atoms with Crippen molar-refractivity contribution in [1.29, 1.82) is 0 Å². The third-order valence-corrected chi connectivity index (χ3v) is 8.58. The molecule has 1 aromatic heterocycles. The van der Waals surface area contributed by atoms with Crippen molar-refractivity contribution in [2.24, 2.45) is 13.0 Å². The molecule has 0 spiro atoms. The first-order valence-corrected chi connectivity index (χ1v) is 13.2. The van der Waals surface area contributed by atoms with Gasteiger partial charge in [0.25, 0.3) is 0 Å². The molecule has 2 aliphatic rings. The van der Waals surface area contributed by atoms with Crippen LogP contribution in [-0.2, 0) is 39.6 Å². The lowest BCUT2D eigenvalue weighted by Gasteiger charge is -2.32. The minimum Gasteiger partial charge on any atom is -0.480 e. The third-order valence-electron chi connectivity index (χ3n) is 6.71. The van der Waals surface area contributed by atoms with E-state index in [0.29, 0.717) is 18.2 Å². The van der Waals surface area contributed by atoms with Crippen LogP contribution in [0.15, 0.2) is 65.7 Å². The smallest absolute Gasteiger partial charge is 0.411 e. The molecular formula is C26H27N3O6S. The van der Waals surface area contributed by atoms with Gasteiger partial charge in [-0.05, 0) is 65.8 Å². The number of aliphatic carboxylic acids is 1. The van der Waals surface area contributed by atoms with Gasteiger partial charge in [-0.3, -0.25) is 10.1 Å². The molecule has 2 N–H and O–H groups in total. The van der Waals surface area contributed by atoms with Crippen molar-refractivity contribution in [3.05, 3.63) is 72.1 Å². The highest BCUT2D eigenvalue weighted by molar-refractivity contribution is 7.89. The molecule has 1 aliphatic heterocycles. The standard InChI is InChI=1S/C26H27N3O6S/c1-28-13-12-20-15-29(24(25(30)31)14-23(20)28)36(33,34)22-10-6-19(7-11-22)18-4-8-21(9-5-18)27-26(32)35-16-17-2-3-17/h4-13,17,24H,2-3,14-16H2,1H3,(H,27,32)(H,30,31)/t24-/m1/s1. The number of nitrogens with one attached hydrogen (secondary N) is 1. The largest absolute Gasteiger partial charge is 0.480 e. The Hall–Kier alpha value is -3.63. The topological polar surface area (TPSA) is 118 Å². The average molecular weight is 510 g/mol. The molecule has 1 atom stereocenters. The predicted molar refractivity (Wildman–Crippen MR) is 133 cm³/mol. The number of nitrogens with zero attached hydrogens (tertiary/aromatic N) is 2. The van der Waals surface area contributed by atoms with Crippen LogP contribution in [0.2, 0.25) is 0 Å². The Bertz CT molecular complexity index is 1390. The van der Waals surface area contributed by atoms with Gasteiger partial charge in [0.2, 0.25) is 10.0 Å². The van der Waals surface area contributed by atoms with E-state index < -0.39 is 28.1 Å². The fourth-order valence-electron chi connectivity index (χ4n) is 4.39. The highest BCUT2D eigenvalue weighted by Gasteiger charge is 2.40. The Labute approximate surface area is 209 Å². The second-order valence-corrected chi connectivity index (χ2v) is 11.2. The molecule has 188 valence electrons. The molecule has 2 heterocycles. The third kappa shape index (κ3) is 4.87. The molecule has 1 aliphatic carbocycles. The van der Waals surface area contributed by atoms with Crippen LogP contribution in [0.3, 0.4) is 0 Å². The van der Waals surface area contributed by atoms with Gasteiger partial charge in [-0.2, -0.15) is 4.31 Å². The van der Waals surface area contributed by atoms with E-state index in [2.05, 4.69) is 5.32 Å². The second kappa shape index (κ2) is 9.44. The zero-order valence-corrected chi connectivity index (χ0v) is 20.6. The van der Waals surface area contributed by atoms with Crippen LogP contribution in [0.4, 0.5) is 10.5 Å². The average Bonchev–Trinajstić information content (AvgIpc) is 3.64. The number of carboxylic acids is 1. The lowest BCUT2D eigenvalue weighted by molar-refractivity contribution is -0.141. The lowest BCUT2D eigenvalue weighted by Crippen LogP contribution is -2.48. The molecule has 1 fully saturated rings. The Kier molecular flexibility index (Phi) is 6.31. The summed E-state index contributed by atoms with van der Waals surface area (Å²) in [5.74, 6) is -0.683. The number of sulfonamides is 1. The maximum Gasteiger partial charge on any atom is 0.411 e. The number of carbonyl (C=O) groups is 2. The van der Waals surface area contributed by atoms with Crippen molar-refractivity contribution < 1.29 is 27.9 Å². The molecule has 2 aromatic carbocycles. The number of anilines is 1. The van der Waals surface area contributed by atoms with Crippen molar-refractivity contribution in [3.8, 4) is 11.1 Å². The number of rotatable bonds is 7. The van der Waals surface area contributed by atoms with Crippen LogP contribution < -0.4 is 5.32 Å². The lowest BCUT2D eigenvalue weighted by atomic mass is 10.0. The molecule has 0 radical (unpaired) electrons. The van der Waals surface area contributed by atoms with E-state index in [4.69, 9.17) is 4.74 Å². The number of fused-ring (bicyclic) bond motifs is 1. The number of ether oxygens (including phenoxy) is 1. The monoisotopic (exact) mass is 509 g/mol. The molecule has 3 aromatic rings. The van der Waals surface area contributed by atoms with Gasteiger partial charge in [-0.15, -0.1) is 0 Å². The molecule has 0 saturated heterocycles. The summed E-state index contributed by atoms with van der Waals surface area (Å²) in [6.45, 7) is 0.450. The summed E-state index contributed by atoms with van der Waals surface area (Å²) in [5, 5.41) is 12.4. The van der Waals surface area contributed by atoms with Crippen LogP contribution >= 0.6 is 0 Å².